The van der Waals surface area contributed by atoms with E-state index in [4.69, 9.17) is 4.74 Å². The van der Waals surface area contributed by atoms with Crippen LogP contribution in [0.4, 0.5) is 0 Å². The van der Waals surface area contributed by atoms with Crippen LogP contribution in [-0.2, 0) is 11.2 Å². The molecule has 0 unspecified atom stereocenters. The summed E-state index contributed by atoms with van der Waals surface area (Å²) >= 11 is 0. The third kappa shape index (κ3) is 3.20. The van der Waals surface area contributed by atoms with Crippen molar-refractivity contribution < 1.29 is 9.84 Å². The maximum Gasteiger partial charge on any atom is 0.216 e. The van der Waals surface area contributed by atoms with Gasteiger partial charge in [-0.2, -0.15) is 0 Å². The van der Waals surface area contributed by atoms with Crippen LogP contribution in [0, 0.1) is 6.92 Å². The summed E-state index contributed by atoms with van der Waals surface area (Å²) < 4.78 is 5.66. The highest BCUT2D eigenvalue weighted by molar-refractivity contribution is 5.96. The molecule has 1 N–H and O–H groups in total. The highest BCUT2D eigenvalue weighted by Gasteiger charge is 2.20. The molecule has 0 saturated heterocycles. The predicted octanol–water partition coefficient (Wildman–Crippen LogP) is 3.44. The van der Waals surface area contributed by atoms with E-state index in [9.17, 15) is 5.11 Å². The molecule has 114 valence electrons. The molecule has 22 heavy (non-hydrogen) atoms. The Morgan fingerprint density at radius 1 is 1.18 bits per heavy atom. The van der Waals surface area contributed by atoms with Gasteiger partial charge in [0.25, 0.3) is 0 Å². The Morgan fingerprint density at radius 2 is 1.91 bits per heavy atom. The number of ether oxygens (including phenoxy) is 1. The van der Waals surface area contributed by atoms with Crippen molar-refractivity contribution in [1.82, 2.24) is 0 Å². The third-order valence-electron chi connectivity index (χ3n) is 3.92. The summed E-state index contributed by atoms with van der Waals surface area (Å²) in [5.41, 5.74) is 4.17. The second-order valence-electron chi connectivity index (χ2n) is 5.88. The van der Waals surface area contributed by atoms with E-state index in [1.54, 1.807) is 0 Å². The van der Waals surface area contributed by atoms with Crippen molar-refractivity contribution in [3.8, 4) is 0 Å². The quantitative estimate of drug-likeness (QED) is 0.939. The van der Waals surface area contributed by atoms with Crippen molar-refractivity contribution in [2.45, 2.75) is 32.4 Å². The molecule has 0 radical (unpaired) electrons. The van der Waals surface area contributed by atoms with Gasteiger partial charge in [0.05, 0.1) is 12.1 Å². The zero-order valence-electron chi connectivity index (χ0n) is 13.0. The fraction of sp³-hybridized carbons (Fsp3) is 0.316. The molecule has 0 saturated carbocycles. The van der Waals surface area contributed by atoms with Gasteiger partial charge in [0.15, 0.2) is 0 Å². The molecule has 1 aliphatic rings. The van der Waals surface area contributed by atoms with Crippen molar-refractivity contribution in [2.24, 2.45) is 4.99 Å². The first-order valence-electron chi connectivity index (χ1n) is 7.67. The van der Waals surface area contributed by atoms with E-state index in [0.29, 0.717) is 18.9 Å². The molecule has 1 aliphatic heterocycles. The molecule has 0 spiro atoms. The van der Waals surface area contributed by atoms with Crippen LogP contribution < -0.4 is 0 Å². The van der Waals surface area contributed by atoms with Crippen LogP contribution in [0.15, 0.2) is 53.5 Å². The van der Waals surface area contributed by atoms with E-state index < -0.39 is 6.10 Å². The topological polar surface area (TPSA) is 41.8 Å². The summed E-state index contributed by atoms with van der Waals surface area (Å²) in [6, 6.07) is 16.2. The number of aliphatic imine (C=N–C) groups is 1. The second kappa shape index (κ2) is 6.32. The minimum atomic E-state index is -0.527. The molecule has 0 bridgehead atoms. The van der Waals surface area contributed by atoms with Gasteiger partial charge in [0.1, 0.15) is 6.61 Å². The number of benzene rings is 2. The van der Waals surface area contributed by atoms with Crippen molar-refractivity contribution >= 4 is 5.90 Å². The maximum absolute atomic E-state index is 10.5. The van der Waals surface area contributed by atoms with Gasteiger partial charge in [0, 0.05) is 12.0 Å². The fourth-order valence-electron chi connectivity index (χ4n) is 2.64. The smallest absolute Gasteiger partial charge is 0.216 e. The van der Waals surface area contributed by atoms with Gasteiger partial charge in [-0.1, -0.05) is 48.0 Å². The highest BCUT2D eigenvalue weighted by atomic mass is 16.5. The van der Waals surface area contributed by atoms with Crippen molar-refractivity contribution in [3.05, 3.63) is 70.8 Å². The van der Waals surface area contributed by atoms with Crippen LogP contribution in [0.1, 0.15) is 35.3 Å². The zero-order valence-corrected chi connectivity index (χ0v) is 13.0. The minimum Gasteiger partial charge on any atom is -0.475 e. The monoisotopic (exact) mass is 295 g/mol. The predicted molar refractivity (Wildman–Crippen MR) is 88.2 cm³/mol. The summed E-state index contributed by atoms with van der Waals surface area (Å²) in [4.78, 5) is 4.52. The molecule has 1 heterocycles. The molecule has 0 amide bonds. The lowest BCUT2D eigenvalue weighted by Gasteiger charge is -2.14. The first-order valence-corrected chi connectivity index (χ1v) is 7.67. The first-order chi connectivity index (χ1) is 10.6. The summed E-state index contributed by atoms with van der Waals surface area (Å²) in [6.07, 6.45) is 0.0249. The van der Waals surface area contributed by atoms with Crippen molar-refractivity contribution in [2.75, 3.05) is 6.61 Å². The summed E-state index contributed by atoms with van der Waals surface area (Å²) in [5.74, 6) is 0.694. The van der Waals surface area contributed by atoms with E-state index in [1.165, 1.54) is 5.56 Å². The van der Waals surface area contributed by atoms with Gasteiger partial charge in [-0.25, -0.2) is 4.99 Å². The Labute approximate surface area is 131 Å². The molecule has 2 aromatic carbocycles. The number of hydrogen-bond acceptors (Lipinski definition) is 3. The Balaban J connectivity index is 1.83. The third-order valence-corrected chi connectivity index (χ3v) is 3.92. The van der Waals surface area contributed by atoms with Gasteiger partial charge in [0.2, 0.25) is 5.90 Å². The number of aryl methyl sites for hydroxylation is 1. The van der Waals surface area contributed by atoms with Crippen molar-refractivity contribution in [1.29, 1.82) is 0 Å². The van der Waals surface area contributed by atoms with Crippen LogP contribution >= 0.6 is 0 Å². The fourth-order valence-corrected chi connectivity index (χ4v) is 2.64. The SMILES string of the molecule is Cc1ccc([C@@H](O)Cc2ccccc2C2=N[C@@H](C)CO2)cc1. The van der Waals surface area contributed by atoms with Gasteiger partial charge >= 0.3 is 0 Å². The van der Waals surface area contributed by atoms with Gasteiger partial charge < -0.3 is 9.84 Å². The minimum absolute atomic E-state index is 0.199. The molecule has 2 aromatic rings. The molecule has 3 nitrogen and oxygen atoms in total. The molecule has 3 heteroatoms. The standard InChI is InChI=1S/C19H21NO2/c1-13-7-9-15(10-8-13)18(21)11-16-5-3-4-6-17(16)19-20-14(2)12-22-19/h3-10,14,18,21H,11-12H2,1-2H3/t14-,18-/m0/s1. The summed E-state index contributed by atoms with van der Waals surface area (Å²) in [7, 11) is 0. The van der Waals surface area contributed by atoms with Crippen LogP contribution in [0.25, 0.3) is 0 Å². The average Bonchev–Trinajstić information content (AvgIpc) is 2.95. The lowest BCUT2D eigenvalue weighted by Crippen LogP contribution is -2.09. The number of aliphatic hydroxyl groups is 1. The summed E-state index contributed by atoms with van der Waals surface area (Å²) in [5, 5.41) is 10.5. The highest BCUT2D eigenvalue weighted by Crippen LogP contribution is 2.23. The van der Waals surface area contributed by atoms with E-state index in [1.807, 2.05) is 62.4 Å². The maximum atomic E-state index is 10.5. The largest absolute Gasteiger partial charge is 0.475 e. The van der Waals surface area contributed by atoms with Crippen molar-refractivity contribution in [3.63, 3.8) is 0 Å². The number of aliphatic hydroxyl groups excluding tert-OH is 1. The van der Waals surface area contributed by atoms with E-state index in [0.717, 1.165) is 16.7 Å². The molecular formula is C19H21NO2. The van der Waals surface area contributed by atoms with E-state index >= 15 is 0 Å². The molecule has 0 aromatic heterocycles. The number of hydrogen-bond donors (Lipinski definition) is 1. The van der Waals surface area contributed by atoms with Crippen LogP contribution in [0.5, 0.6) is 0 Å². The lowest BCUT2D eigenvalue weighted by molar-refractivity contribution is 0.178. The van der Waals surface area contributed by atoms with Gasteiger partial charge in [-0.3, -0.25) is 0 Å². The molecular weight excluding hydrogens is 274 g/mol. The van der Waals surface area contributed by atoms with E-state index in [2.05, 4.69) is 4.99 Å². The molecule has 2 atom stereocenters. The zero-order chi connectivity index (χ0) is 15.5. The van der Waals surface area contributed by atoms with Crippen LogP contribution in [-0.4, -0.2) is 23.7 Å². The average molecular weight is 295 g/mol. The Bertz CT molecular complexity index is 676. The van der Waals surface area contributed by atoms with Crippen LogP contribution in [0.2, 0.25) is 0 Å². The molecule has 3 rings (SSSR count). The molecule has 0 aliphatic carbocycles. The Morgan fingerprint density at radius 3 is 2.59 bits per heavy atom. The van der Waals surface area contributed by atoms with Gasteiger partial charge in [-0.05, 0) is 31.0 Å². The lowest BCUT2D eigenvalue weighted by atomic mass is 9.97. The number of nitrogens with zero attached hydrogens (tertiary/aromatic N) is 1. The summed E-state index contributed by atoms with van der Waals surface area (Å²) in [6.45, 7) is 4.71. The normalized spacial score (nSPS) is 18.7. The Hall–Kier alpha value is -2.13. The van der Waals surface area contributed by atoms with Gasteiger partial charge in [-0.15, -0.1) is 0 Å². The number of rotatable bonds is 4. The van der Waals surface area contributed by atoms with Crippen LogP contribution in [0.3, 0.4) is 0 Å². The van der Waals surface area contributed by atoms with E-state index in [-0.39, 0.29) is 6.04 Å². The second-order valence-corrected chi connectivity index (χ2v) is 5.88. The molecule has 0 fully saturated rings. The Kier molecular flexibility index (Phi) is 4.25. The first kappa shape index (κ1) is 14.8.